The van der Waals surface area contributed by atoms with Crippen LogP contribution in [0.1, 0.15) is 61.0 Å². The molecule has 0 spiro atoms. The van der Waals surface area contributed by atoms with E-state index >= 15 is 0 Å². The SMILES string of the molecule is CN(C(=O)C1CCS(=O)CC1)C(c1ccc(Cc2cnc3cc(F)nn3c2C2(C)CC2)cc1)C(F)(F)F. The van der Waals surface area contributed by atoms with Crippen LogP contribution in [-0.4, -0.2) is 54.3 Å². The Morgan fingerprint density at radius 1 is 1.22 bits per heavy atom. The summed E-state index contributed by atoms with van der Waals surface area (Å²) in [5.41, 5.74) is 2.74. The van der Waals surface area contributed by atoms with E-state index in [1.54, 1.807) is 18.3 Å². The first-order valence-electron chi connectivity index (χ1n) is 12.3. The molecule has 6 nitrogen and oxygen atoms in total. The van der Waals surface area contributed by atoms with E-state index in [2.05, 4.69) is 17.0 Å². The number of hydrogen-bond donors (Lipinski definition) is 0. The maximum atomic E-state index is 14.1. The Morgan fingerprint density at radius 3 is 2.46 bits per heavy atom. The van der Waals surface area contributed by atoms with E-state index in [9.17, 15) is 26.6 Å². The Balaban J connectivity index is 1.40. The summed E-state index contributed by atoms with van der Waals surface area (Å²) >= 11 is 0. The van der Waals surface area contributed by atoms with Crippen molar-refractivity contribution in [3.8, 4) is 0 Å². The van der Waals surface area contributed by atoms with Gasteiger partial charge in [-0.2, -0.15) is 17.6 Å². The van der Waals surface area contributed by atoms with E-state index in [0.29, 0.717) is 36.4 Å². The summed E-state index contributed by atoms with van der Waals surface area (Å²) in [7, 11) is 0.181. The van der Waals surface area contributed by atoms with Crippen LogP contribution in [0.4, 0.5) is 17.6 Å². The molecule has 0 bridgehead atoms. The first kappa shape index (κ1) is 25.8. The number of carbonyl (C=O) groups excluding carboxylic acids is 1. The van der Waals surface area contributed by atoms with Crippen LogP contribution in [-0.2, 0) is 27.4 Å². The highest BCUT2D eigenvalue weighted by Gasteiger charge is 2.46. The average molecular weight is 537 g/mol. The molecule has 3 heterocycles. The number of hydrogen-bond acceptors (Lipinski definition) is 4. The Morgan fingerprint density at radius 2 is 1.86 bits per heavy atom. The summed E-state index contributed by atoms with van der Waals surface area (Å²) in [5, 5.41) is 3.97. The molecule has 198 valence electrons. The number of aromatic nitrogens is 3. The van der Waals surface area contributed by atoms with Crippen LogP contribution in [0.15, 0.2) is 36.5 Å². The van der Waals surface area contributed by atoms with Crippen LogP contribution >= 0.6 is 0 Å². The molecule has 1 aliphatic carbocycles. The fourth-order valence-electron chi connectivity index (χ4n) is 5.26. The molecule has 1 unspecified atom stereocenters. The number of rotatable bonds is 6. The normalized spacial score (nSPS) is 22.1. The Hall–Kier alpha value is -2.82. The lowest BCUT2D eigenvalue weighted by atomic mass is 9.94. The van der Waals surface area contributed by atoms with Gasteiger partial charge in [0, 0.05) is 59.4 Å². The maximum absolute atomic E-state index is 14.1. The fourth-order valence-corrected chi connectivity index (χ4v) is 6.56. The monoisotopic (exact) mass is 536 g/mol. The topological polar surface area (TPSA) is 67.6 Å². The van der Waals surface area contributed by atoms with Gasteiger partial charge >= 0.3 is 6.18 Å². The number of fused-ring (bicyclic) bond motifs is 1. The molecular weight excluding hydrogens is 508 g/mol. The highest BCUT2D eigenvalue weighted by Crippen LogP contribution is 2.49. The van der Waals surface area contributed by atoms with Gasteiger partial charge in [0.15, 0.2) is 11.7 Å². The van der Waals surface area contributed by atoms with Crippen molar-refractivity contribution < 1.29 is 26.6 Å². The molecule has 0 N–H and O–H groups in total. The zero-order valence-electron chi connectivity index (χ0n) is 20.6. The zero-order valence-corrected chi connectivity index (χ0v) is 21.4. The van der Waals surface area contributed by atoms with Gasteiger partial charge in [0.1, 0.15) is 0 Å². The largest absolute Gasteiger partial charge is 0.413 e. The number of nitrogens with zero attached hydrogens (tertiary/aromatic N) is 4. The fraction of sp³-hybridized carbons (Fsp3) is 0.500. The van der Waals surface area contributed by atoms with Gasteiger partial charge in [-0.15, -0.1) is 5.10 Å². The van der Waals surface area contributed by atoms with Crippen LogP contribution in [0.3, 0.4) is 0 Å². The number of benzene rings is 1. The second kappa shape index (κ2) is 9.49. The van der Waals surface area contributed by atoms with Crippen molar-refractivity contribution in [3.05, 3.63) is 64.9 Å². The molecule has 2 aromatic heterocycles. The number of amides is 1. The van der Waals surface area contributed by atoms with Crippen molar-refractivity contribution in [1.82, 2.24) is 19.5 Å². The number of alkyl halides is 3. The van der Waals surface area contributed by atoms with Gasteiger partial charge < -0.3 is 4.90 Å². The standard InChI is InChI=1S/C26H28F4N4O2S/c1-25(9-10-25)22-19(15-31-21-14-20(27)32-34(21)22)13-16-3-5-17(6-4-16)23(26(28,29)30)33(2)24(35)18-7-11-37(36)12-8-18/h3-6,14-15,18,23H,7-13H2,1-2H3. The lowest BCUT2D eigenvalue weighted by Gasteiger charge is -2.34. The summed E-state index contributed by atoms with van der Waals surface area (Å²) in [6.45, 7) is 2.08. The van der Waals surface area contributed by atoms with E-state index in [1.807, 2.05) is 0 Å². The van der Waals surface area contributed by atoms with E-state index in [0.717, 1.165) is 34.6 Å². The van der Waals surface area contributed by atoms with Crippen molar-refractivity contribution >= 4 is 22.4 Å². The predicted octanol–water partition coefficient (Wildman–Crippen LogP) is 4.73. The minimum Gasteiger partial charge on any atom is -0.330 e. The Kier molecular flexibility index (Phi) is 6.62. The summed E-state index contributed by atoms with van der Waals surface area (Å²) in [6, 6.07) is 5.27. The highest BCUT2D eigenvalue weighted by atomic mass is 32.2. The number of carbonyl (C=O) groups is 1. The maximum Gasteiger partial charge on any atom is 0.413 e. The quantitative estimate of drug-likeness (QED) is 0.427. The van der Waals surface area contributed by atoms with Crippen LogP contribution in [0.25, 0.3) is 5.65 Å². The van der Waals surface area contributed by atoms with Crippen molar-refractivity contribution in [1.29, 1.82) is 0 Å². The third kappa shape index (κ3) is 5.15. The van der Waals surface area contributed by atoms with Gasteiger partial charge in [0.25, 0.3) is 0 Å². The molecule has 5 rings (SSSR count). The zero-order chi connectivity index (χ0) is 26.5. The third-order valence-corrected chi connectivity index (χ3v) is 8.96. The third-order valence-electron chi connectivity index (χ3n) is 7.57. The molecule has 2 fully saturated rings. The van der Waals surface area contributed by atoms with Crippen molar-refractivity contribution in [2.45, 2.75) is 56.7 Å². The van der Waals surface area contributed by atoms with Crippen molar-refractivity contribution in [2.24, 2.45) is 5.92 Å². The van der Waals surface area contributed by atoms with Gasteiger partial charge in [0.05, 0.1) is 5.69 Å². The van der Waals surface area contributed by atoms with Gasteiger partial charge in [-0.05, 0) is 42.4 Å². The molecule has 1 atom stereocenters. The molecule has 3 aromatic rings. The highest BCUT2D eigenvalue weighted by molar-refractivity contribution is 7.85. The van der Waals surface area contributed by atoms with E-state index in [1.165, 1.54) is 29.8 Å². The predicted molar refractivity (Wildman–Crippen MR) is 131 cm³/mol. The summed E-state index contributed by atoms with van der Waals surface area (Å²) < 4.78 is 69.4. The molecule has 2 aliphatic rings. The Labute approximate surface area is 214 Å². The van der Waals surface area contributed by atoms with Gasteiger partial charge in [-0.1, -0.05) is 31.2 Å². The summed E-state index contributed by atoms with van der Waals surface area (Å²) in [6.07, 6.45) is -0.0335. The average Bonchev–Trinajstić information content (AvgIpc) is 3.46. The summed E-state index contributed by atoms with van der Waals surface area (Å²) in [4.78, 5) is 18.0. The number of halogens is 4. The van der Waals surface area contributed by atoms with Crippen LogP contribution in [0, 0.1) is 11.9 Å². The molecule has 1 amide bonds. The van der Waals surface area contributed by atoms with E-state index in [-0.39, 0.29) is 11.0 Å². The summed E-state index contributed by atoms with van der Waals surface area (Å²) in [5.74, 6) is -1.07. The van der Waals surface area contributed by atoms with Crippen LogP contribution in [0.2, 0.25) is 0 Å². The Bertz CT molecular complexity index is 1340. The van der Waals surface area contributed by atoms with Gasteiger partial charge in [-0.25, -0.2) is 9.50 Å². The lowest BCUT2D eigenvalue weighted by molar-refractivity contribution is -0.190. The first-order chi connectivity index (χ1) is 17.5. The second-order valence-electron chi connectivity index (χ2n) is 10.4. The molecule has 11 heteroatoms. The van der Waals surface area contributed by atoms with Gasteiger partial charge in [0.2, 0.25) is 11.9 Å². The minimum atomic E-state index is -4.66. The molecule has 37 heavy (non-hydrogen) atoms. The first-order valence-corrected chi connectivity index (χ1v) is 13.8. The van der Waals surface area contributed by atoms with E-state index < -0.39 is 40.8 Å². The second-order valence-corrected chi connectivity index (χ2v) is 12.1. The van der Waals surface area contributed by atoms with Crippen molar-refractivity contribution in [3.63, 3.8) is 0 Å². The van der Waals surface area contributed by atoms with Crippen LogP contribution in [0.5, 0.6) is 0 Å². The molecule has 1 saturated heterocycles. The molecule has 1 aliphatic heterocycles. The smallest absolute Gasteiger partial charge is 0.330 e. The van der Waals surface area contributed by atoms with E-state index in [4.69, 9.17) is 0 Å². The van der Waals surface area contributed by atoms with Gasteiger partial charge in [-0.3, -0.25) is 9.00 Å². The molecule has 0 radical (unpaired) electrons. The molecule has 1 saturated carbocycles. The minimum absolute atomic E-state index is 0.0245. The molecular formula is C26H28F4N4O2S. The van der Waals surface area contributed by atoms with Crippen LogP contribution < -0.4 is 0 Å². The van der Waals surface area contributed by atoms with Crippen molar-refractivity contribution in [2.75, 3.05) is 18.6 Å². The lowest BCUT2D eigenvalue weighted by Crippen LogP contribution is -2.43. The molecule has 1 aromatic carbocycles.